The summed E-state index contributed by atoms with van der Waals surface area (Å²) in [6.45, 7) is 7.09. The first-order valence-corrected chi connectivity index (χ1v) is 12.5. The van der Waals surface area contributed by atoms with E-state index in [0.717, 1.165) is 39.8 Å². The van der Waals surface area contributed by atoms with Crippen LogP contribution >= 0.6 is 11.8 Å². The normalized spacial score (nSPS) is 14.7. The van der Waals surface area contributed by atoms with Crippen molar-refractivity contribution in [2.45, 2.75) is 33.3 Å². The van der Waals surface area contributed by atoms with Gasteiger partial charge in [0.05, 0.1) is 11.4 Å². The second-order valence-electron chi connectivity index (χ2n) is 8.69. The standard InChI is InChI=1S/C29H29NO4S/c1-20(2)24-14-13-21(3)17-26(24)33-16-15-30-28(31)27(35-29(30)32)18-23-11-7-8-12-25(23)34-19-22-9-5-4-6-10-22/h4-14,17-18,20H,15-16,19H2,1-3H3/b27-18-. The predicted molar refractivity (Wildman–Crippen MR) is 141 cm³/mol. The van der Waals surface area contributed by atoms with Gasteiger partial charge in [-0.15, -0.1) is 0 Å². The van der Waals surface area contributed by atoms with Crippen LogP contribution < -0.4 is 9.47 Å². The zero-order valence-electron chi connectivity index (χ0n) is 20.2. The lowest BCUT2D eigenvalue weighted by molar-refractivity contribution is -0.123. The third-order valence-electron chi connectivity index (χ3n) is 5.68. The molecule has 0 unspecified atom stereocenters. The van der Waals surface area contributed by atoms with E-state index in [4.69, 9.17) is 9.47 Å². The van der Waals surface area contributed by atoms with E-state index in [9.17, 15) is 9.59 Å². The molecule has 0 atom stereocenters. The number of aryl methyl sites for hydroxylation is 1. The molecule has 0 bridgehead atoms. The van der Waals surface area contributed by atoms with Crippen LogP contribution in [0.1, 0.15) is 42.0 Å². The Bertz CT molecular complexity index is 1240. The molecular weight excluding hydrogens is 458 g/mol. The zero-order valence-corrected chi connectivity index (χ0v) is 21.0. The molecule has 1 saturated heterocycles. The highest BCUT2D eigenvalue weighted by atomic mass is 32.2. The summed E-state index contributed by atoms with van der Waals surface area (Å²) in [4.78, 5) is 27.2. The summed E-state index contributed by atoms with van der Waals surface area (Å²) in [5.41, 5.74) is 4.02. The van der Waals surface area contributed by atoms with Gasteiger partial charge in [-0.2, -0.15) is 0 Å². The van der Waals surface area contributed by atoms with Gasteiger partial charge in [-0.3, -0.25) is 14.5 Å². The van der Waals surface area contributed by atoms with Gasteiger partial charge in [0, 0.05) is 5.56 Å². The maximum absolute atomic E-state index is 13.0. The van der Waals surface area contributed by atoms with Gasteiger partial charge in [0.2, 0.25) is 0 Å². The second-order valence-corrected chi connectivity index (χ2v) is 9.68. The number of nitrogens with zero attached hydrogens (tertiary/aromatic N) is 1. The third kappa shape index (κ3) is 6.14. The van der Waals surface area contributed by atoms with E-state index in [2.05, 4.69) is 26.0 Å². The van der Waals surface area contributed by atoms with Crippen LogP contribution in [0.2, 0.25) is 0 Å². The minimum Gasteiger partial charge on any atom is -0.491 e. The Balaban J connectivity index is 1.42. The SMILES string of the molecule is Cc1ccc(C(C)C)c(OCCN2C(=O)S/C(=C\c3ccccc3OCc3ccccc3)C2=O)c1. The lowest BCUT2D eigenvalue weighted by atomic mass is 10.0. The van der Waals surface area contributed by atoms with Crippen LogP contribution in [-0.4, -0.2) is 29.2 Å². The number of rotatable bonds is 9. The van der Waals surface area contributed by atoms with Crippen molar-refractivity contribution in [3.8, 4) is 11.5 Å². The fourth-order valence-electron chi connectivity index (χ4n) is 3.79. The largest absolute Gasteiger partial charge is 0.491 e. The average molecular weight is 488 g/mol. The maximum Gasteiger partial charge on any atom is 0.293 e. The quantitative estimate of drug-likeness (QED) is 0.310. The Morgan fingerprint density at radius 1 is 0.914 bits per heavy atom. The first kappa shape index (κ1) is 24.6. The minimum atomic E-state index is -0.310. The molecule has 0 aromatic heterocycles. The summed E-state index contributed by atoms with van der Waals surface area (Å²) in [6.07, 6.45) is 1.73. The molecule has 180 valence electrons. The van der Waals surface area contributed by atoms with E-state index in [-0.39, 0.29) is 24.3 Å². The molecule has 35 heavy (non-hydrogen) atoms. The highest BCUT2D eigenvalue weighted by Crippen LogP contribution is 2.34. The molecule has 1 aliphatic heterocycles. The Morgan fingerprint density at radius 2 is 1.66 bits per heavy atom. The highest BCUT2D eigenvalue weighted by molar-refractivity contribution is 8.18. The minimum absolute atomic E-state index is 0.194. The number of ether oxygens (including phenoxy) is 2. The van der Waals surface area contributed by atoms with E-state index >= 15 is 0 Å². The number of hydrogen-bond acceptors (Lipinski definition) is 5. The molecule has 1 fully saturated rings. The summed E-state index contributed by atoms with van der Waals surface area (Å²) in [7, 11) is 0. The van der Waals surface area contributed by atoms with Crippen LogP contribution in [0.4, 0.5) is 4.79 Å². The number of carbonyl (C=O) groups excluding carboxylic acids is 2. The lowest BCUT2D eigenvalue weighted by Crippen LogP contribution is -2.32. The summed E-state index contributed by atoms with van der Waals surface area (Å²) in [5.74, 6) is 1.46. The van der Waals surface area contributed by atoms with Gasteiger partial charge >= 0.3 is 0 Å². The smallest absolute Gasteiger partial charge is 0.293 e. The maximum atomic E-state index is 13.0. The van der Waals surface area contributed by atoms with Crippen LogP contribution in [0.15, 0.2) is 77.7 Å². The van der Waals surface area contributed by atoms with E-state index < -0.39 is 0 Å². The number of carbonyl (C=O) groups is 2. The van der Waals surface area contributed by atoms with E-state index in [1.165, 1.54) is 4.90 Å². The van der Waals surface area contributed by atoms with Gasteiger partial charge in [0.25, 0.3) is 11.1 Å². The van der Waals surface area contributed by atoms with Crippen LogP contribution in [0.5, 0.6) is 11.5 Å². The molecule has 6 heteroatoms. The van der Waals surface area contributed by atoms with E-state index in [1.54, 1.807) is 6.08 Å². The molecular formula is C29H29NO4S. The van der Waals surface area contributed by atoms with Crippen molar-refractivity contribution < 1.29 is 19.1 Å². The van der Waals surface area contributed by atoms with Crippen molar-refractivity contribution in [3.05, 3.63) is 100.0 Å². The Morgan fingerprint density at radius 3 is 2.43 bits per heavy atom. The average Bonchev–Trinajstić information content (AvgIpc) is 3.11. The number of amides is 2. The van der Waals surface area contributed by atoms with Gasteiger partial charge in [-0.25, -0.2) is 0 Å². The molecule has 0 saturated carbocycles. The van der Waals surface area contributed by atoms with Crippen molar-refractivity contribution in [2.24, 2.45) is 0 Å². The summed E-state index contributed by atoms with van der Waals surface area (Å²) in [5, 5.41) is -0.291. The van der Waals surface area contributed by atoms with Gasteiger partial charge < -0.3 is 9.47 Å². The first-order valence-electron chi connectivity index (χ1n) is 11.7. The van der Waals surface area contributed by atoms with Crippen LogP contribution in [0.25, 0.3) is 6.08 Å². The summed E-state index contributed by atoms with van der Waals surface area (Å²) < 4.78 is 12.0. The molecule has 3 aromatic rings. The number of imide groups is 1. The molecule has 0 radical (unpaired) electrons. The highest BCUT2D eigenvalue weighted by Gasteiger charge is 2.35. The van der Waals surface area contributed by atoms with Crippen LogP contribution in [0, 0.1) is 6.92 Å². The predicted octanol–water partition coefficient (Wildman–Crippen LogP) is 6.81. The fourth-order valence-corrected chi connectivity index (χ4v) is 4.65. The number of para-hydroxylation sites is 1. The number of benzene rings is 3. The molecule has 0 aliphatic carbocycles. The number of hydrogen-bond donors (Lipinski definition) is 0. The zero-order chi connectivity index (χ0) is 24.8. The first-order chi connectivity index (χ1) is 16.9. The Kier molecular flexibility index (Phi) is 7.93. The monoisotopic (exact) mass is 487 g/mol. The molecule has 3 aromatic carbocycles. The molecule has 1 heterocycles. The topological polar surface area (TPSA) is 55.8 Å². The van der Waals surface area contributed by atoms with E-state index in [0.29, 0.717) is 23.2 Å². The van der Waals surface area contributed by atoms with E-state index in [1.807, 2.05) is 67.6 Å². The Labute approximate surface area is 210 Å². The molecule has 0 spiro atoms. The molecule has 2 amide bonds. The van der Waals surface area contributed by atoms with Gasteiger partial charge in [-0.05, 0) is 59.5 Å². The van der Waals surface area contributed by atoms with Gasteiger partial charge in [0.15, 0.2) is 0 Å². The van der Waals surface area contributed by atoms with Crippen LogP contribution in [-0.2, 0) is 11.4 Å². The van der Waals surface area contributed by atoms with Crippen molar-refractivity contribution in [1.29, 1.82) is 0 Å². The second kappa shape index (κ2) is 11.3. The van der Waals surface area contributed by atoms with Gasteiger partial charge in [0.1, 0.15) is 24.7 Å². The number of thioether (sulfide) groups is 1. The van der Waals surface area contributed by atoms with Crippen molar-refractivity contribution in [2.75, 3.05) is 13.2 Å². The summed E-state index contributed by atoms with van der Waals surface area (Å²) in [6, 6.07) is 23.5. The Hall–Kier alpha value is -3.51. The third-order valence-corrected chi connectivity index (χ3v) is 6.59. The van der Waals surface area contributed by atoms with Gasteiger partial charge in [-0.1, -0.05) is 74.5 Å². The molecule has 1 aliphatic rings. The molecule has 5 nitrogen and oxygen atoms in total. The van der Waals surface area contributed by atoms with Crippen LogP contribution in [0.3, 0.4) is 0 Å². The molecule has 4 rings (SSSR count). The summed E-state index contributed by atoms with van der Waals surface area (Å²) >= 11 is 0.944. The molecule has 0 N–H and O–H groups in total. The lowest BCUT2D eigenvalue weighted by Gasteiger charge is -2.17. The van der Waals surface area contributed by atoms with Crippen molar-refractivity contribution >= 4 is 29.0 Å². The van der Waals surface area contributed by atoms with Crippen molar-refractivity contribution in [1.82, 2.24) is 4.90 Å². The van der Waals surface area contributed by atoms with Crippen molar-refractivity contribution in [3.63, 3.8) is 0 Å². The fraction of sp³-hybridized carbons (Fsp3) is 0.241.